The molecule has 0 radical (unpaired) electrons. The predicted octanol–water partition coefficient (Wildman–Crippen LogP) is 4.62. The maximum Gasteiger partial charge on any atom is 0.0120 e. The molecule has 1 rings (SSSR count). The topological polar surface area (TPSA) is 0 Å². The van der Waals surface area contributed by atoms with E-state index in [4.69, 9.17) is 0 Å². The average Bonchev–Trinajstić information content (AvgIpc) is 2.04. The summed E-state index contributed by atoms with van der Waals surface area (Å²) in [6.07, 6.45) is 7.27. The number of alkyl halides is 1. The molecule has 0 aromatic rings. The maximum absolute atomic E-state index is 3.65. The van der Waals surface area contributed by atoms with E-state index in [1.807, 2.05) is 0 Å². The van der Waals surface area contributed by atoms with Gasteiger partial charge in [-0.25, -0.2) is 0 Å². The highest BCUT2D eigenvalue weighted by Crippen LogP contribution is 2.35. The van der Waals surface area contributed by atoms with Crippen molar-refractivity contribution in [3.63, 3.8) is 0 Å². The monoisotopic (exact) mass is 246 g/mol. The van der Waals surface area contributed by atoms with Crippen molar-refractivity contribution in [3.05, 3.63) is 0 Å². The molecule has 1 atom stereocenters. The Morgan fingerprint density at radius 3 is 2.00 bits per heavy atom. The Labute approximate surface area is 91.6 Å². The molecule has 0 saturated heterocycles. The van der Waals surface area contributed by atoms with E-state index >= 15 is 0 Å². The molecule has 78 valence electrons. The molecule has 0 bridgehead atoms. The molecule has 0 aliphatic heterocycles. The molecule has 13 heavy (non-hydrogen) atoms. The lowest BCUT2D eigenvalue weighted by atomic mass is 9.76. The standard InChI is InChI=1S/C12H23Br/c1-9(2)12-6-4-11(5-7-12)8-10(3)13/h9-12H,4-8H2,1-3H3. The first-order valence-electron chi connectivity index (χ1n) is 5.73. The van der Waals surface area contributed by atoms with Crippen molar-refractivity contribution < 1.29 is 0 Å². The summed E-state index contributed by atoms with van der Waals surface area (Å²) in [5.74, 6) is 2.92. The Morgan fingerprint density at radius 2 is 1.62 bits per heavy atom. The highest BCUT2D eigenvalue weighted by Gasteiger charge is 2.23. The van der Waals surface area contributed by atoms with E-state index in [-0.39, 0.29) is 0 Å². The zero-order chi connectivity index (χ0) is 9.84. The van der Waals surface area contributed by atoms with Crippen LogP contribution in [0.5, 0.6) is 0 Å². The van der Waals surface area contributed by atoms with Crippen molar-refractivity contribution in [2.75, 3.05) is 0 Å². The predicted molar refractivity (Wildman–Crippen MR) is 63.3 cm³/mol. The maximum atomic E-state index is 3.65. The SMILES string of the molecule is CC(Br)CC1CCC(C(C)C)CC1. The molecule has 0 nitrogen and oxygen atoms in total. The lowest BCUT2D eigenvalue weighted by Crippen LogP contribution is -2.19. The van der Waals surface area contributed by atoms with Gasteiger partial charge in [0.25, 0.3) is 0 Å². The lowest BCUT2D eigenvalue weighted by Gasteiger charge is -2.31. The Morgan fingerprint density at radius 1 is 1.08 bits per heavy atom. The summed E-state index contributed by atoms with van der Waals surface area (Å²) in [6, 6.07) is 0. The van der Waals surface area contributed by atoms with Crippen molar-refractivity contribution >= 4 is 15.9 Å². The Kier molecular flexibility index (Phi) is 4.78. The van der Waals surface area contributed by atoms with Crippen molar-refractivity contribution in [1.29, 1.82) is 0 Å². The van der Waals surface area contributed by atoms with Gasteiger partial charge in [0.1, 0.15) is 0 Å². The number of rotatable bonds is 3. The second-order valence-corrected chi connectivity index (χ2v) is 6.60. The minimum Gasteiger partial charge on any atom is -0.0894 e. The summed E-state index contributed by atoms with van der Waals surface area (Å²) in [5.41, 5.74) is 0. The van der Waals surface area contributed by atoms with Crippen LogP contribution < -0.4 is 0 Å². The fraction of sp³-hybridized carbons (Fsp3) is 1.00. The quantitative estimate of drug-likeness (QED) is 0.638. The van der Waals surface area contributed by atoms with Crippen LogP contribution in [0, 0.1) is 17.8 Å². The van der Waals surface area contributed by atoms with Crippen LogP contribution in [0.25, 0.3) is 0 Å². The Balaban J connectivity index is 2.22. The third kappa shape index (κ3) is 4.01. The Hall–Kier alpha value is 0.480. The number of halogens is 1. The summed E-state index contributed by atoms with van der Waals surface area (Å²) in [5, 5.41) is 0. The van der Waals surface area contributed by atoms with Gasteiger partial charge in [0.05, 0.1) is 0 Å². The molecule has 1 aliphatic carbocycles. The molecule has 0 aromatic carbocycles. The molecule has 1 heteroatoms. The van der Waals surface area contributed by atoms with E-state index in [2.05, 4.69) is 36.7 Å². The number of hydrogen-bond donors (Lipinski definition) is 0. The molecule has 0 spiro atoms. The van der Waals surface area contributed by atoms with E-state index in [0.717, 1.165) is 17.8 Å². The zero-order valence-electron chi connectivity index (χ0n) is 9.22. The van der Waals surface area contributed by atoms with Gasteiger partial charge < -0.3 is 0 Å². The van der Waals surface area contributed by atoms with Crippen LogP contribution in [-0.4, -0.2) is 4.83 Å². The van der Waals surface area contributed by atoms with E-state index in [9.17, 15) is 0 Å². The van der Waals surface area contributed by atoms with E-state index in [1.165, 1.54) is 32.1 Å². The lowest BCUT2D eigenvalue weighted by molar-refractivity contribution is 0.217. The summed E-state index contributed by atoms with van der Waals surface area (Å²) in [7, 11) is 0. The molecular formula is C12H23Br. The van der Waals surface area contributed by atoms with Crippen molar-refractivity contribution in [2.45, 2.75) is 57.7 Å². The highest BCUT2D eigenvalue weighted by atomic mass is 79.9. The van der Waals surface area contributed by atoms with Gasteiger partial charge in [-0.3, -0.25) is 0 Å². The van der Waals surface area contributed by atoms with Gasteiger partial charge in [0.15, 0.2) is 0 Å². The number of hydrogen-bond acceptors (Lipinski definition) is 0. The van der Waals surface area contributed by atoms with Crippen molar-refractivity contribution in [3.8, 4) is 0 Å². The van der Waals surface area contributed by atoms with Crippen molar-refractivity contribution in [1.82, 2.24) is 0 Å². The molecule has 1 unspecified atom stereocenters. The van der Waals surface area contributed by atoms with Crippen LogP contribution in [0.3, 0.4) is 0 Å². The summed E-state index contributed by atoms with van der Waals surface area (Å²) < 4.78 is 0. The second-order valence-electron chi connectivity index (χ2n) is 5.04. The smallest absolute Gasteiger partial charge is 0.0120 e. The molecular weight excluding hydrogens is 224 g/mol. The third-order valence-corrected chi connectivity index (χ3v) is 3.87. The molecule has 1 aliphatic rings. The second kappa shape index (κ2) is 5.38. The molecule has 1 fully saturated rings. The summed E-state index contributed by atoms with van der Waals surface area (Å²) >= 11 is 3.65. The summed E-state index contributed by atoms with van der Waals surface area (Å²) in [4.78, 5) is 0.716. The van der Waals surface area contributed by atoms with Crippen LogP contribution in [0.4, 0.5) is 0 Å². The molecule has 0 aromatic heterocycles. The van der Waals surface area contributed by atoms with Gasteiger partial charge in [0.2, 0.25) is 0 Å². The first-order valence-corrected chi connectivity index (χ1v) is 6.65. The molecule has 0 heterocycles. The van der Waals surface area contributed by atoms with Crippen LogP contribution in [0.15, 0.2) is 0 Å². The zero-order valence-corrected chi connectivity index (χ0v) is 10.8. The van der Waals surface area contributed by atoms with Crippen LogP contribution in [0.1, 0.15) is 52.9 Å². The largest absolute Gasteiger partial charge is 0.0894 e. The normalized spacial score (nSPS) is 32.1. The van der Waals surface area contributed by atoms with Crippen LogP contribution >= 0.6 is 15.9 Å². The van der Waals surface area contributed by atoms with Gasteiger partial charge in [-0.2, -0.15) is 0 Å². The van der Waals surface area contributed by atoms with Gasteiger partial charge in [-0.05, 0) is 37.0 Å². The van der Waals surface area contributed by atoms with Crippen molar-refractivity contribution in [2.24, 2.45) is 17.8 Å². The van der Waals surface area contributed by atoms with Crippen LogP contribution in [-0.2, 0) is 0 Å². The van der Waals surface area contributed by atoms with Gasteiger partial charge >= 0.3 is 0 Å². The fourth-order valence-electron chi connectivity index (χ4n) is 2.55. The molecule has 0 amide bonds. The molecule has 0 N–H and O–H groups in total. The third-order valence-electron chi connectivity index (χ3n) is 3.49. The fourth-order valence-corrected chi connectivity index (χ4v) is 3.08. The van der Waals surface area contributed by atoms with E-state index in [0.29, 0.717) is 4.83 Å². The minimum absolute atomic E-state index is 0.716. The van der Waals surface area contributed by atoms with E-state index < -0.39 is 0 Å². The minimum atomic E-state index is 0.716. The van der Waals surface area contributed by atoms with Gasteiger partial charge in [0, 0.05) is 4.83 Å². The first kappa shape index (κ1) is 11.6. The summed E-state index contributed by atoms with van der Waals surface area (Å²) in [6.45, 7) is 7.02. The Bertz CT molecular complexity index is 132. The van der Waals surface area contributed by atoms with Crippen LogP contribution in [0.2, 0.25) is 0 Å². The average molecular weight is 247 g/mol. The van der Waals surface area contributed by atoms with E-state index in [1.54, 1.807) is 0 Å². The molecule has 1 saturated carbocycles. The van der Waals surface area contributed by atoms with Gasteiger partial charge in [-0.1, -0.05) is 49.5 Å². The van der Waals surface area contributed by atoms with Gasteiger partial charge in [-0.15, -0.1) is 0 Å². The highest BCUT2D eigenvalue weighted by molar-refractivity contribution is 9.09. The first-order chi connectivity index (χ1) is 6.09.